The van der Waals surface area contributed by atoms with Crippen molar-refractivity contribution in [2.24, 2.45) is 0 Å². The first-order valence-corrected chi connectivity index (χ1v) is 5.07. The van der Waals surface area contributed by atoms with Gasteiger partial charge in [-0.05, 0) is 0 Å². The van der Waals surface area contributed by atoms with Gasteiger partial charge in [0.15, 0.2) is 0 Å². The molecule has 12 heavy (non-hydrogen) atoms. The molecule has 0 aromatic carbocycles. The van der Waals surface area contributed by atoms with Crippen LogP contribution in [0, 0.1) is 0 Å². The van der Waals surface area contributed by atoms with Gasteiger partial charge in [-0.3, -0.25) is 0 Å². The van der Waals surface area contributed by atoms with Gasteiger partial charge in [0.1, 0.15) is 0 Å². The van der Waals surface area contributed by atoms with Crippen LogP contribution in [0.2, 0.25) is 0 Å². The van der Waals surface area contributed by atoms with E-state index < -0.39 is 0 Å². The third kappa shape index (κ3) is 2.18. The van der Waals surface area contributed by atoms with Crippen LogP contribution in [-0.2, 0) is 17.0 Å². The number of hydrogen-bond donors (Lipinski definition) is 1. The summed E-state index contributed by atoms with van der Waals surface area (Å²) in [5, 5.41) is 1.37. The number of nitrogens with one attached hydrogen (secondary N) is 1. The van der Waals surface area contributed by atoms with Crippen LogP contribution in [0.3, 0.4) is 0 Å². The van der Waals surface area contributed by atoms with Crippen LogP contribution in [0.25, 0.3) is 10.2 Å². The Kier molecular flexibility index (Phi) is 3.98. The Morgan fingerprint density at radius 1 is 1.67 bits per heavy atom. The molecule has 2 nitrogen and oxygen atoms in total. The molecule has 0 fully saturated rings. The summed E-state index contributed by atoms with van der Waals surface area (Å²) in [5.41, 5.74) is 0.00946. The van der Waals surface area contributed by atoms with Gasteiger partial charge in [-0.25, -0.2) is 0 Å². The van der Waals surface area contributed by atoms with Crippen molar-refractivity contribution in [2.45, 2.75) is 0 Å². The van der Waals surface area contributed by atoms with E-state index >= 15 is 0 Å². The molecule has 4 heteroatoms. The summed E-state index contributed by atoms with van der Waals surface area (Å²) in [7, 11) is 0. The van der Waals surface area contributed by atoms with E-state index in [1.165, 1.54) is 6.07 Å². The molecule has 1 N–H and O–H groups in total. The average Bonchev–Trinajstić information content (AvgIpc) is 2.09. The Labute approximate surface area is 92.0 Å². The van der Waals surface area contributed by atoms with E-state index in [1.807, 2.05) is 22.6 Å². The SMILES string of the molecule is O=c1cc[nH]c(=[C-]I)/c1=C\[CH]=[V]. The quantitative estimate of drug-likeness (QED) is 0.553. The Balaban J connectivity index is 3.76. The van der Waals surface area contributed by atoms with Crippen LogP contribution < -0.4 is 16.0 Å². The summed E-state index contributed by atoms with van der Waals surface area (Å²) in [5.74, 6) is 0. The van der Waals surface area contributed by atoms with Crippen molar-refractivity contribution in [3.8, 4) is 0 Å². The summed E-state index contributed by atoms with van der Waals surface area (Å²) >= 11 is 4.27. The summed E-state index contributed by atoms with van der Waals surface area (Å²) < 4.78 is 4.65. The number of aromatic amines is 1. The van der Waals surface area contributed by atoms with Crippen LogP contribution in [0.1, 0.15) is 0 Å². The monoisotopic (exact) mass is 309 g/mol. The van der Waals surface area contributed by atoms with Crippen LogP contribution in [0.15, 0.2) is 17.1 Å². The van der Waals surface area contributed by atoms with Gasteiger partial charge < -0.3 is 0 Å². The third-order valence-electron chi connectivity index (χ3n) is 1.33. The van der Waals surface area contributed by atoms with Crippen molar-refractivity contribution in [2.75, 3.05) is 0 Å². The minimum absolute atomic E-state index is 0.00946. The van der Waals surface area contributed by atoms with Crippen LogP contribution in [0.4, 0.5) is 0 Å². The maximum absolute atomic E-state index is 11.3. The van der Waals surface area contributed by atoms with Crippen molar-refractivity contribution < 1.29 is 17.0 Å². The predicted molar refractivity (Wildman–Crippen MR) is 54.3 cm³/mol. The second kappa shape index (κ2) is 4.79. The number of halogens is 1. The molecule has 0 aliphatic heterocycles. The molecule has 0 amide bonds. The normalized spacial score (nSPS) is 13.3. The average molecular weight is 309 g/mol. The van der Waals surface area contributed by atoms with Crippen molar-refractivity contribution in [1.29, 1.82) is 0 Å². The summed E-state index contributed by atoms with van der Waals surface area (Å²) in [6, 6.07) is 1.50. The van der Waals surface area contributed by atoms with E-state index in [2.05, 4.69) is 26.0 Å². The molecule has 0 aliphatic carbocycles. The van der Waals surface area contributed by atoms with E-state index in [0.29, 0.717) is 5.22 Å². The molecular weight excluding hydrogens is 304 g/mol. The van der Waals surface area contributed by atoms with E-state index in [1.54, 1.807) is 17.0 Å². The van der Waals surface area contributed by atoms with Gasteiger partial charge in [0.2, 0.25) is 0 Å². The molecule has 0 saturated heterocycles. The van der Waals surface area contributed by atoms with Gasteiger partial charge in [0, 0.05) is 0 Å². The molecule has 61 valence electrons. The zero-order chi connectivity index (χ0) is 8.97. The fourth-order valence-electron chi connectivity index (χ4n) is 0.810. The number of hydrogen-bond acceptors (Lipinski definition) is 1. The Bertz CT molecular complexity index is 449. The minimum atomic E-state index is 0.00946. The number of rotatable bonds is 1. The second-order valence-corrected chi connectivity index (χ2v) is 3.05. The first-order valence-electron chi connectivity index (χ1n) is 3.18. The summed E-state index contributed by atoms with van der Waals surface area (Å²) in [4.78, 5) is 14.2. The van der Waals surface area contributed by atoms with E-state index in [9.17, 15) is 4.79 Å². The Morgan fingerprint density at radius 2 is 2.42 bits per heavy atom. The van der Waals surface area contributed by atoms with Crippen molar-refractivity contribution in [3.05, 3.63) is 33.1 Å². The standard InChI is InChI=1S/C8H5INO.V/c1-2-6-7(5-9)10-4-3-8(6)11;/h1-4,10H;/q-1;/b6-2+;. The van der Waals surface area contributed by atoms with Crippen LogP contribution in [-0.4, -0.2) is 9.71 Å². The van der Waals surface area contributed by atoms with Crippen LogP contribution >= 0.6 is 22.6 Å². The number of aromatic nitrogens is 1. The van der Waals surface area contributed by atoms with E-state index in [0.717, 1.165) is 5.35 Å². The third-order valence-corrected chi connectivity index (χ3v) is 2.11. The predicted octanol–water partition coefficient (Wildman–Crippen LogP) is -0.446. The number of H-pyrrole nitrogens is 1. The molecule has 1 aromatic rings. The first-order chi connectivity index (χ1) is 5.79. The molecule has 0 saturated carbocycles. The van der Waals surface area contributed by atoms with Crippen molar-refractivity contribution in [3.63, 3.8) is 0 Å². The number of pyridine rings is 1. The van der Waals surface area contributed by atoms with Crippen molar-refractivity contribution in [1.82, 2.24) is 4.98 Å². The maximum atomic E-state index is 11.3. The fraction of sp³-hybridized carbons (Fsp3) is 0. The van der Waals surface area contributed by atoms with Crippen molar-refractivity contribution >= 4 is 37.5 Å². The molecule has 1 aromatic heterocycles. The molecule has 0 atom stereocenters. The second-order valence-electron chi connectivity index (χ2n) is 2.04. The molecule has 1 rings (SSSR count). The molecule has 0 bridgehead atoms. The van der Waals surface area contributed by atoms with Gasteiger partial charge in [0.05, 0.1) is 0 Å². The molecule has 0 radical (unpaired) electrons. The van der Waals surface area contributed by atoms with Gasteiger partial charge in [-0.1, -0.05) is 0 Å². The van der Waals surface area contributed by atoms with E-state index in [4.69, 9.17) is 0 Å². The molecule has 0 spiro atoms. The Morgan fingerprint density at radius 3 is 3.00 bits per heavy atom. The first kappa shape index (κ1) is 9.96. The molecular formula is C8H5INOV-. The van der Waals surface area contributed by atoms with Gasteiger partial charge in [0.25, 0.3) is 0 Å². The zero-order valence-electron chi connectivity index (χ0n) is 6.04. The van der Waals surface area contributed by atoms with Gasteiger partial charge >= 0.3 is 92.5 Å². The summed E-state index contributed by atoms with van der Waals surface area (Å²) in [6.07, 6.45) is 3.37. The Hall–Kier alpha value is -0.126. The molecule has 0 aliphatic rings. The van der Waals surface area contributed by atoms with Gasteiger partial charge in [-0.2, -0.15) is 0 Å². The molecule has 1 heterocycles. The topological polar surface area (TPSA) is 32.9 Å². The van der Waals surface area contributed by atoms with Gasteiger partial charge in [-0.15, -0.1) is 0 Å². The summed E-state index contributed by atoms with van der Waals surface area (Å²) in [6.45, 7) is 0. The molecule has 0 unspecified atom stereocenters. The van der Waals surface area contributed by atoms with E-state index in [-0.39, 0.29) is 5.43 Å². The van der Waals surface area contributed by atoms with Crippen LogP contribution in [0.5, 0.6) is 0 Å². The fourth-order valence-corrected chi connectivity index (χ4v) is 1.49. The zero-order valence-corrected chi connectivity index (χ0v) is 9.60.